The van der Waals surface area contributed by atoms with Gasteiger partial charge in [-0.15, -0.1) is 0 Å². The molecule has 0 radical (unpaired) electrons. The van der Waals surface area contributed by atoms with Gasteiger partial charge in [0.25, 0.3) is 0 Å². The lowest BCUT2D eigenvalue weighted by atomic mass is 9.81. The Bertz CT molecular complexity index is 1410. The third kappa shape index (κ3) is 5.65. The van der Waals surface area contributed by atoms with Crippen LogP contribution in [0.25, 0.3) is 0 Å². The quantitative estimate of drug-likeness (QED) is 0.408. The minimum Gasteiger partial charge on any atom is -0.334 e. The summed E-state index contributed by atoms with van der Waals surface area (Å²) >= 11 is 0. The third-order valence-electron chi connectivity index (χ3n) is 9.14. The fourth-order valence-electron chi connectivity index (χ4n) is 6.41. The number of benzene rings is 1. The molecule has 3 atom stereocenters. The van der Waals surface area contributed by atoms with E-state index >= 15 is 0 Å². The minimum atomic E-state index is -3.24. The van der Waals surface area contributed by atoms with Gasteiger partial charge in [-0.3, -0.25) is 4.68 Å². The van der Waals surface area contributed by atoms with Crippen molar-refractivity contribution in [3.63, 3.8) is 0 Å². The van der Waals surface area contributed by atoms with Crippen LogP contribution in [0.3, 0.4) is 0 Å². The summed E-state index contributed by atoms with van der Waals surface area (Å²) in [6.07, 6.45) is 13.4. The van der Waals surface area contributed by atoms with E-state index in [0.717, 1.165) is 17.9 Å². The second-order valence-electron chi connectivity index (χ2n) is 12.4. The van der Waals surface area contributed by atoms with Crippen LogP contribution in [0.2, 0.25) is 0 Å². The summed E-state index contributed by atoms with van der Waals surface area (Å²) in [6.45, 7) is 7.74. The Kier molecular flexibility index (Phi) is 7.40. The molecule has 2 saturated carbocycles. The van der Waals surface area contributed by atoms with Gasteiger partial charge in [-0.25, -0.2) is 13.2 Å². The van der Waals surface area contributed by atoms with Crippen LogP contribution in [-0.4, -0.2) is 48.0 Å². The number of sulfone groups is 1. The standard InChI is InChI=1S/C32H42N4O3S/c1-4-40(38,39)27-14-8-22(9-15-27)18-33-32(37)35-19-28(26-7-5-6-25(16-26)23-10-11-23)29(20-35)31-17-30(24-12-13-24)34-36(31)21(2)3/h5,7-9,14-17,21,23-25,28-29H,4,6,10-13,18-20H2,1-3H3,(H,33,37). The molecule has 8 heteroatoms. The molecule has 3 aliphatic carbocycles. The number of allylic oxidation sites excluding steroid dienone is 3. The molecule has 3 fully saturated rings. The molecule has 1 saturated heterocycles. The molecular weight excluding hydrogens is 520 g/mol. The number of nitrogens with zero attached hydrogens (tertiary/aromatic N) is 3. The second kappa shape index (κ2) is 10.8. The number of amides is 2. The summed E-state index contributed by atoms with van der Waals surface area (Å²) in [5.74, 6) is 2.54. The van der Waals surface area contributed by atoms with Crippen molar-refractivity contribution in [3.05, 3.63) is 71.1 Å². The molecule has 214 valence electrons. The number of hydrogen-bond acceptors (Lipinski definition) is 4. The molecule has 4 aliphatic rings. The zero-order chi connectivity index (χ0) is 28.0. The number of urea groups is 1. The van der Waals surface area contributed by atoms with Crippen LogP contribution in [0, 0.1) is 17.8 Å². The molecule has 1 aliphatic heterocycles. The highest BCUT2D eigenvalue weighted by Gasteiger charge is 2.42. The molecule has 0 bridgehead atoms. The Morgan fingerprint density at radius 3 is 2.45 bits per heavy atom. The van der Waals surface area contributed by atoms with Gasteiger partial charge in [0.15, 0.2) is 9.84 Å². The molecule has 0 spiro atoms. The first-order valence-electron chi connectivity index (χ1n) is 15.1. The zero-order valence-electron chi connectivity index (χ0n) is 23.9. The smallest absolute Gasteiger partial charge is 0.317 e. The van der Waals surface area contributed by atoms with E-state index in [-0.39, 0.29) is 29.7 Å². The molecule has 3 unspecified atom stereocenters. The van der Waals surface area contributed by atoms with Crippen LogP contribution in [0.4, 0.5) is 4.79 Å². The average molecular weight is 563 g/mol. The van der Waals surface area contributed by atoms with E-state index in [4.69, 9.17) is 5.10 Å². The van der Waals surface area contributed by atoms with E-state index in [1.54, 1.807) is 31.2 Å². The highest BCUT2D eigenvalue weighted by Crippen LogP contribution is 2.46. The van der Waals surface area contributed by atoms with Gasteiger partial charge in [0, 0.05) is 49.1 Å². The van der Waals surface area contributed by atoms with Gasteiger partial charge in [0.05, 0.1) is 16.3 Å². The van der Waals surface area contributed by atoms with E-state index in [0.29, 0.717) is 36.4 Å². The first-order chi connectivity index (χ1) is 19.2. The van der Waals surface area contributed by atoms with E-state index in [9.17, 15) is 13.2 Å². The van der Waals surface area contributed by atoms with Gasteiger partial charge in [0.1, 0.15) is 0 Å². The molecule has 1 aromatic heterocycles. The molecule has 7 nitrogen and oxygen atoms in total. The van der Waals surface area contributed by atoms with Crippen molar-refractivity contribution in [3.8, 4) is 0 Å². The van der Waals surface area contributed by atoms with Crippen molar-refractivity contribution in [2.45, 2.75) is 82.2 Å². The van der Waals surface area contributed by atoms with Gasteiger partial charge in [0.2, 0.25) is 0 Å². The zero-order valence-corrected chi connectivity index (χ0v) is 24.7. The van der Waals surface area contributed by atoms with Crippen LogP contribution in [0.5, 0.6) is 0 Å². The molecule has 40 heavy (non-hydrogen) atoms. The van der Waals surface area contributed by atoms with Crippen LogP contribution in [0.1, 0.15) is 87.7 Å². The average Bonchev–Trinajstić information content (AvgIpc) is 3.90. The van der Waals surface area contributed by atoms with Crippen molar-refractivity contribution < 1.29 is 13.2 Å². The molecule has 2 aromatic rings. The van der Waals surface area contributed by atoms with E-state index < -0.39 is 9.84 Å². The number of rotatable bonds is 9. The Morgan fingerprint density at radius 2 is 1.80 bits per heavy atom. The summed E-state index contributed by atoms with van der Waals surface area (Å²) < 4.78 is 26.5. The lowest BCUT2D eigenvalue weighted by Crippen LogP contribution is -2.38. The first-order valence-corrected chi connectivity index (χ1v) is 16.7. The molecule has 1 aromatic carbocycles. The van der Waals surface area contributed by atoms with Gasteiger partial charge >= 0.3 is 6.03 Å². The molecular formula is C32H42N4O3S. The fraction of sp³-hybridized carbons (Fsp3) is 0.562. The maximum Gasteiger partial charge on any atom is 0.317 e. The van der Waals surface area contributed by atoms with E-state index in [1.807, 2.05) is 4.90 Å². The summed E-state index contributed by atoms with van der Waals surface area (Å²) in [6, 6.07) is 9.35. The van der Waals surface area contributed by atoms with Crippen LogP contribution in [0.15, 0.2) is 59.0 Å². The predicted molar refractivity (Wildman–Crippen MR) is 157 cm³/mol. The Hall–Kier alpha value is -2.87. The maximum absolute atomic E-state index is 13.5. The summed E-state index contributed by atoms with van der Waals surface area (Å²) in [5, 5.41) is 8.14. The van der Waals surface area contributed by atoms with Gasteiger partial charge in [-0.1, -0.05) is 37.3 Å². The minimum absolute atomic E-state index is 0.0742. The highest BCUT2D eigenvalue weighted by molar-refractivity contribution is 7.91. The summed E-state index contributed by atoms with van der Waals surface area (Å²) in [7, 11) is -3.24. The molecule has 2 amide bonds. The first kappa shape index (κ1) is 27.3. The predicted octanol–water partition coefficient (Wildman–Crippen LogP) is 5.97. The van der Waals surface area contributed by atoms with E-state index in [2.05, 4.69) is 48.1 Å². The Balaban J connectivity index is 1.22. The number of likely N-dealkylation sites (tertiary alicyclic amines) is 1. The monoisotopic (exact) mass is 562 g/mol. The van der Waals surface area contributed by atoms with Crippen molar-refractivity contribution in [2.75, 3.05) is 18.8 Å². The van der Waals surface area contributed by atoms with Gasteiger partial charge in [-0.05, 0) is 87.1 Å². The van der Waals surface area contributed by atoms with Crippen molar-refractivity contribution in [1.82, 2.24) is 20.0 Å². The van der Waals surface area contributed by atoms with Gasteiger partial charge < -0.3 is 10.2 Å². The maximum atomic E-state index is 13.5. The number of carbonyl (C=O) groups excluding carboxylic acids is 1. The van der Waals surface area contributed by atoms with Crippen LogP contribution < -0.4 is 5.32 Å². The van der Waals surface area contributed by atoms with E-state index in [1.165, 1.54) is 42.6 Å². The van der Waals surface area contributed by atoms with Crippen LogP contribution in [-0.2, 0) is 16.4 Å². The number of hydrogen-bond donors (Lipinski definition) is 1. The van der Waals surface area contributed by atoms with Gasteiger partial charge in [-0.2, -0.15) is 5.10 Å². The number of aromatic nitrogens is 2. The van der Waals surface area contributed by atoms with Crippen molar-refractivity contribution >= 4 is 15.9 Å². The fourth-order valence-corrected chi connectivity index (χ4v) is 7.29. The highest BCUT2D eigenvalue weighted by atomic mass is 32.2. The number of nitrogens with one attached hydrogen (secondary N) is 1. The topological polar surface area (TPSA) is 84.3 Å². The SMILES string of the molecule is CCS(=O)(=O)c1ccc(CNC(=O)N2CC(C3=CC(C4CC4)CC=C3)C(c3cc(C4CC4)nn3C(C)C)C2)cc1. The third-order valence-corrected chi connectivity index (χ3v) is 10.9. The molecule has 1 N–H and O–H groups in total. The largest absolute Gasteiger partial charge is 0.334 e. The lowest BCUT2D eigenvalue weighted by molar-refractivity contribution is 0.207. The number of carbonyl (C=O) groups is 1. The molecule has 2 heterocycles. The van der Waals surface area contributed by atoms with Crippen molar-refractivity contribution in [2.24, 2.45) is 17.8 Å². The lowest BCUT2D eigenvalue weighted by Gasteiger charge is -2.25. The molecule has 6 rings (SSSR count). The Labute approximate surface area is 238 Å². The summed E-state index contributed by atoms with van der Waals surface area (Å²) in [4.78, 5) is 15.8. The Morgan fingerprint density at radius 1 is 1.07 bits per heavy atom. The van der Waals surface area contributed by atoms with Crippen molar-refractivity contribution in [1.29, 1.82) is 0 Å². The van der Waals surface area contributed by atoms with Crippen LogP contribution >= 0.6 is 0 Å². The summed E-state index contributed by atoms with van der Waals surface area (Å²) in [5.41, 5.74) is 4.73. The second-order valence-corrected chi connectivity index (χ2v) is 14.7. The normalized spacial score (nSPS) is 24.9.